The Kier molecular flexibility index (Phi) is 1.92. The molecule has 0 radical (unpaired) electrons. The first-order chi connectivity index (χ1) is 6.73. The van der Waals surface area contributed by atoms with Crippen LogP contribution in [-0.2, 0) is 9.47 Å². The third kappa shape index (κ3) is 1.03. The molecule has 80 valence electrons. The third-order valence-corrected chi connectivity index (χ3v) is 4.33. The fraction of sp³-hybridized carbons (Fsp3) is 1.00. The van der Waals surface area contributed by atoms with E-state index in [1.165, 1.54) is 0 Å². The predicted octanol–water partition coefficient (Wildman–Crippen LogP) is 1.16. The number of fused-ring (bicyclic) bond motifs is 2. The SMILES string of the molecule is C[C@@H]1C[C@H]2[C@H](CCC23OCCO3)[C@H]1O. The van der Waals surface area contributed by atoms with Gasteiger partial charge in [-0.15, -0.1) is 0 Å². The molecule has 14 heavy (non-hydrogen) atoms. The van der Waals surface area contributed by atoms with E-state index in [0.717, 1.165) is 32.5 Å². The maximum Gasteiger partial charge on any atom is 0.171 e. The van der Waals surface area contributed by atoms with Crippen LogP contribution >= 0.6 is 0 Å². The Bertz CT molecular complexity index is 235. The minimum atomic E-state index is -0.309. The summed E-state index contributed by atoms with van der Waals surface area (Å²) in [7, 11) is 0. The van der Waals surface area contributed by atoms with E-state index in [1.54, 1.807) is 0 Å². The monoisotopic (exact) mass is 198 g/mol. The molecular formula is C11H18O3. The molecule has 3 fully saturated rings. The van der Waals surface area contributed by atoms with Crippen molar-refractivity contribution in [1.82, 2.24) is 0 Å². The Balaban J connectivity index is 1.86. The normalized spacial score (nSPS) is 50.1. The van der Waals surface area contributed by atoms with Crippen LogP contribution in [0.3, 0.4) is 0 Å². The summed E-state index contributed by atoms with van der Waals surface area (Å²) in [4.78, 5) is 0. The van der Waals surface area contributed by atoms with E-state index in [0.29, 0.717) is 17.8 Å². The lowest BCUT2D eigenvalue weighted by atomic mass is 9.96. The van der Waals surface area contributed by atoms with E-state index in [1.807, 2.05) is 0 Å². The van der Waals surface area contributed by atoms with Crippen molar-refractivity contribution in [2.24, 2.45) is 17.8 Å². The quantitative estimate of drug-likeness (QED) is 0.634. The van der Waals surface area contributed by atoms with E-state index < -0.39 is 0 Å². The van der Waals surface area contributed by atoms with Crippen molar-refractivity contribution in [1.29, 1.82) is 0 Å². The van der Waals surface area contributed by atoms with Gasteiger partial charge in [-0.05, 0) is 24.7 Å². The van der Waals surface area contributed by atoms with Crippen molar-refractivity contribution in [2.75, 3.05) is 13.2 Å². The van der Waals surface area contributed by atoms with E-state index in [2.05, 4.69) is 6.92 Å². The molecule has 1 aliphatic heterocycles. The van der Waals surface area contributed by atoms with Gasteiger partial charge in [-0.3, -0.25) is 0 Å². The fourth-order valence-corrected chi connectivity index (χ4v) is 3.63. The van der Waals surface area contributed by atoms with Crippen LogP contribution in [0.15, 0.2) is 0 Å². The van der Waals surface area contributed by atoms with Gasteiger partial charge in [-0.1, -0.05) is 6.92 Å². The second kappa shape index (κ2) is 2.94. The number of aliphatic hydroxyl groups is 1. The van der Waals surface area contributed by atoms with Crippen LogP contribution in [0.4, 0.5) is 0 Å². The molecular weight excluding hydrogens is 180 g/mol. The first-order valence-electron chi connectivity index (χ1n) is 5.69. The van der Waals surface area contributed by atoms with Crippen LogP contribution in [0, 0.1) is 17.8 Å². The summed E-state index contributed by atoms with van der Waals surface area (Å²) in [5, 5.41) is 10.0. The van der Waals surface area contributed by atoms with Gasteiger partial charge in [0, 0.05) is 12.3 Å². The lowest BCUT2D eigenvalue weighted by molar-refractivity contribution is -0.184. The average molecular weight is 198 g/mol. The number of aliphatic hydroxyl groups excluding tert-OH is 1. The van der Waals surface area contributed by atoms with Gasteiger partial charge in [-0.2, -0.15) is 0 Å². The Morgan fingerprint density at radius 1 is 1.29 bits per heavy atom. The standard InChI is InChI=1S/C11H18O3/c1-7-6-9-8(10(7)12)2-3-11(9)13-4-5-14-11/h7-10,12H,2-6H2,1H3/t7-,8+,9+,10+/m1/s1. The predicted molar refractivity (Wildman–Crippen MR) is 50.6 cm³/mol. The van der Waals surface area contributed by atoms with Gasteiger partial charge in [-0.25, -0.2) is 0 Å². The van der Waals surface area contributed by atoms with Crippen molar-refractivity contribution in [3.8, 4) is 0 Å². The molecule has 1 heterocycles. The highest BCUT2D eigenvalue weighted by Gasteiger charge is 2.58. The van der Waals surface area contributed by atoms with Crippen LogP contribution in [0.1, 0.15) is 26.2 Å². The zero-order valence-corrected chi connectivity index (χ0v) is 8.61. The molecule has 3 rings (SSSR count). The number of rotatable bonds is 0. The zero-order chi connectivity index (χ0) is 9.76. The average Bonchev–Trinajstić information content (AvgIpc) is 2.82. The molecule has 4 atom stereocenters. The van der Waals surface area contributed by atoms with Crippen LogP contribution in [0.25, 0.3) is 0 Å². The molecule has 1 saturated heterocycles. The van der Waals surface area contributed by atoms with Gasteiger partial charge >= 0.3 is 0 Å². The Morgan fingerprint density at radius 2 is 2.00 bits per heavy atom. The lowest BCUT2D eigenvalue weighted by Gasteiger charge is -2.28. The zero-order valence-electron chi connectivity index (χ0n) is 8.61. The van der Waals surface area contributed by atoms with Crippen LogP contribution in [0.5, 0.6) is 0 Å². The molecule has 3 nitrogen and oxygen atoms in total. The van der Waals surface area contributed by atoms with Gasteiger partial charge in [0.2, 0.25) is 0 Å². The molecule has 2 aliphatic carbocycles. The van der Waals surface area contributed by atoms with E-state index in [9.17, 15) is 5.11 Å². The fourth-order valence-electron chi connectivity index (χ4n) is 3.63. The summed E-state index contributed by atoms with van der Waals surface area (Å²) >= 11 is 0. The maximum absolute atomic E-state index is 10.0. The van der Waals surface area contributed by atoms with Crippen molar-refractivity contribution >= 4 is 0 Å². The Morgan fingerprint density at radius 3 is 2.71 bits per heavy atom. The van der Waals surface area contributed by atoms with Gasteiger partial charge in [0.25, 0.3) is 0 Å². The molecule has 3 heteroatoms. The number of hydrogen-bond acceptors (Lipinski definition) is 3. The second-order valence-electron chi connectivity index (χ2n) is 5.02. The minimum Gasteiger partial charge on any atom is -0.393 e. The van der Waals surface area contributed by atoms with Crippen molar-refractivity contribution in [2.45, 2.75) is 38.1 Å². The third-order valence-electron chi connectivity index (χ3n) is 4.33. The molecule has 0 aromatic carbocycles. The highest BCUT2D eigenvalue weighted by Crippen LogP contribution is 2.55. The van der Waals surface area contributed by atoms with Gasteiger partial charge in [0.1, 0.15) is 0 Å². The molecule has 1 N–H and O–H groups in total. The molecule has 0 bridgehead atoms. The van der Waals surface area contributed by atoms with E-state index in [4.69, 9.17) is 9.47 Å². The molecule has 3 aliphatic rings. The van der Waals surface area contributed by atoms with Crippen molar-refractivity contribution < 1.29 is 14.6 Å². The smallest absolute Gasteiger partial charge is 0.171 e. The molecule has 0 aromatic heterocycles. The summed E-state index contributed by atoms with van der Waals surface area (Å²) < 4.78 is 11.6. The second-order valence-corrected chi connectivity index (χ2v) is 5.02. The summed E-state index contributed by atoms with van der Waals surface area (Å²) in [6, 6.07) is 0. The van der Waals surface area contributed by atoms with E-state index in [-0.39, 0.29) is 11.9 Å². The first-order valence-corrected chi connectivity index (χ1v) is 5.69. The highest BCUT2D eigenvalue weighted by atomic mass is 16.7. The highest BCUT2D eigenvalue weighted by molar-refractivity contribution is 5.02. The largest absolute Gasteiger partial charge is 0.393 e. The van der Waals surface area contributed by atoms with Crippen molar-refractivity contribution in [3.05, 3.63) is 0 Å². The van der Waals surface area contributed by atoms with Crippen molar-refractivity contribution in [3.63, 3.8) is 0 Å². The molecule has 0 aromatic rings. The van der Waals surface area contributed by atoms with Crippen LogP contribution in [-0.4, -0.2) is 30.2 Å². The Hall–Kier alpha value is -0.120. The summed E-state index contributed by atoms with van der Waals surface area (Å²) in [5.74, 6) is 0.962. The van der Waals surface area contributed by atoms with Crippen LogP contribution in [0.2, 0.25) is 0 Å². The molecule has 1 spiro atoms. The lowest BCUT2D eigenvalue weighted by Crippen LogP contribution is -2.35. The summed E-state index contributed by atoms with van der Waals surface area (Å²) in [5.41, 5.74) is 0. The number of hydrogen-bond donors (Lipinski definition) is 1. The van der Waals surface area contributed by atoms with Gasteiger partial charge < -0.3 is 14.6 Å². The van der Waals surface area contributed by atoms with E-state index >= 15 is 0 Å². The maximum atomic E-state index is 10.0. The molecule has 0 amide bonds. The molecule has 0 unspecified atom stereocenters. The summed E-state index contributed by atoms with van der Waals surface area (Å²) in [6.45, 7) is 3.59. The van der Waals surface area contributed by atoms with Gasteiger partial charge in [0.05, 0.1) is 19.3 Å². The topological polar surface area (TPSA) is 38.7 Å². The first kappa shape index (κ1) is 9.13. The summed E-state index contributed by atoms with van der Waals surface area (Å²) in [6.07, 6.45) is 2.97. The van der Waals surface area contributed by atoms with Gasteiger partial charge in [0.15, 0.2) is 5.79 Å². The molecule has 2 saturated carbocycles. The minimum absolute atomic E-state index is 0.132. The Labute approximate surface area is 84.4 Å². The number of ether oxygens (including phenoxy) is 2. The van der Waals surface area contributed by atoms with Crippen LogP contribution < -0.4 is 0 Å².